The Kier molecular flexibility index (Phi) is 15.2. The molecule has 0 aliphatic heterocycles. The monoisotopic (exact) mass is 176 g/mol. The zero-order valence-electron chi connectivity index (χ0n) is 8.30. The van der Waals surface area contributed by atoms with Gasteiger partial charge in [-0.15, -0.1) is 0 Å². The number of rotatable bonds is 4. The van der Waals surface area contributed by atoms with Crippen molar-refractivity contribution in [3.05, 3.63) is 0 Å². The van der Waals surface area contributed by atoms with Crippen LogP contribution in [0.1, 0.15) is 40.0 Å². The van der Waals surface area contributed by atoms with Crippen molar-refractivity contribution < 1.29 is 14.6 Å². The summed E-state index contributed by atoms with van der Waals surface area (Å²) in [5.74, 6) is -0.175. The van der Waals surface area contributed by atoms with Gasteiger partial charge in [0.25, 0.3) is 0 Å². The van der Waals surface area contributed by atoms with Gasteiger partial charge in [-0.1, -0.05) is 19.8 Å². The zero-order valence-corrected chi connectivity index (χ0v) is 8.30. The lowest BCUT2D eigenvalue weighted by atomic mass is 10.3. The predicted molar refractivity (Wildman–Crippen MR) is 48.9 cm³/mol. The van der Waals surface area contributed by atoms with E-state index in [4.69, 9.17) is 9.84 Å². The maximum absolute atomic E-state index is 10.2. The van der Waals surface area contributed by atoms with Crippen molar-refractivity contribution >= 4 is 5.97 Å². The first kappa shape index (κ1) is 14.0. The van der Waals surface area contributed by atoms with Crippen molar-refractivity contribution in [3.8, 4) is 0 Å². The lowest BCUT2D eigenvalue weighted by Gasteiger charge is -1.98. The smallest absolute Gasteiger partial charge is 0.302 e. The molecule has 3 nitrogen and oxygen atoms in total. The fourth-order valence-corrected chi connectivity index (χ4v) is 0.568. The van der Waals surface area contributed by atoms with Gasteiger partial charge in [0.2, 0.25) is 0 Å². The van der Waals surface area contributed by atoms with E-state index >= 15 is 0 Å². The van der Waals surface area contributed by atoms with Gasteiger partial charge in [-0.05, 0) is 13.3 Å². The molecule has 0 unspecified atom stereocenters. The van der Waals surface area contributed by atoms with E-state index < -0.39 is 0 Å². The summed E-state index contributed by atoms with van der Waals surface area (Å²) < 4.78 is 4.70. The van der Waals surface area contributed by atoms with E-state index in [2.05, 4.69) is 6.92 Å². The van der Waals surface area contributed by atoms with Crippen molar-refractivity contribution in [2.24, 2.45) is 0 Å². The van der Waals surface area contributed by atoms with Crippen LogP contribution in [0.4, 0.5) is 0 Å². The van der Waals surface area contributed by atoms with Crippen LogP contribution in [0.15, 0.2) is 0 Å². The van der Waals surface area contributed by atoms with Gasteiger partial charge in [-0.2, -0.15) is 0 Å². The molecule has 0 saturated heterocycles. The van der Waals surface area contributed by atoms with Crippen LogP contribution >= 0.6 is 0 Å². The normalized spacial score (nSPS) is 8.33. The molecular weight excluding hydrogens is 156 g/mol. The van der Waals surface area contributed by atoms with E-state index in [1.165, 1.54) is 13.3 Å². The first-order chi connectivity index (χ1) is 5.68. The van der Waals surface area contributed by atoms with Gasteiger partial charge in [-0.3, -0.25) is 4.79 Å². The highest BCUT2D eigenvalue weighted by Crippen LogP contribution is 1.93. The number of aliphatic hydroxyl groups excluding tert-OH is 1. The van der Waals surface area contributed by atoms with E-state index in [1.54, 1.807) is 6.92 Å². The molecule has 0 heterocycles. The molecule has 0 aromatic heterocycles. The summed E-state index contributed by atoms with van der Waals surface area (Å²) in [6.45, 7) is 6.07. The average Bonchev–Trinajstić information content (AvgIpc) is 1.99. The average molecular weight is 176 g/mol. The van der Waals surface area contributed by atoms with E-state index in [9.17, 15) is 4.79 Å². The zero-order chi connectivity index (χ0) is 9.82. The van der Waals surface area contributed by atoms with E-state index in [-0.39, 0.29) is 12.6 Å². The number of aliphatic hydroxyl groups is 1. The summed E-state index contributed by atoms with van der Waals surface area (Å²) >= 11 is 0. The molecule has 0 aromatic carbocycles. The Balaban J connectivity index is 0. The molecule has 0 atom stereocenters. The van der Waals surface area contributed by atoms with Crippen LogP contribution in [0.2, 0.25) is 0 Å². The fourth-order valence-electron chi connectivity index (χ4n) is 0.568. The van der Waals surface area contributed by atoms with Crippen LogP contribution in [0.5, 0.6) is 0 Å². The second-order valence-corrected chi connectivity index (χ2v) is 2.36. The van der Waals surface area contributed by atoms with Crippen LogP contribution in [-0.4, -0.2) is 24.3 Å². The Labute approximate surface area is 74.7 Å². The summed E-state index contributed by atoms with van der Waals surface area (Å²) in [5.41, 5.74) is 0. The third-order valence-corrected chi connectivity index (χ3v) is 1.05. The van der Waals surface area contributed by atoms with Gasteiger partial charge in [0.05, 0.1) is 6.61 Å². The van der Waals surface area contributed by atoms with Gasteiger partial charge in [-0.25, -0.2) is 0 Å². The molecule has 0 amide bonds. The predicted octanol–water partition coefficient (Wildman–Crippen LogP) is 1.74. The lowest BCUT2D eigenvalue weighted by Crippen LogP contribution is -1.99. The summed E-state index contributed by atoms with van der Waals surface area (Å²) in [5, 5.41) is 7.57. The standard InChI is InChI=1S/C7H14O2.C2H6O/c1-3-4-5-6-9-7(2)8;1-2-3/h3-6H2,1-2H3;3H,2H2,1H3. The third kappa shape index (κ3) is 22.7. The minimum absolute atomic E-state index is 0.175. The van der Waals surface area contributed by atoms with Gasteiger partial charge < -0.3 is 9.84 Å². The molecular formula is C9H20O3. The Hall–Kier alpha value is -0.570. The lowest BCUT2D eigenvalue weighted by molar-refractivity contribution is -0.141. The minimum atomic E-state index is -0.175. The van der Waals surface area contributed by atoms with Crippen LogP contribution in [0.25, 0.3) is 0 Å². The molecule has 0 fully saturated rings. The number of esters is 1. The van der Waals surface area contributed by atoms with Crippen molar-refractivity contribution in [3.63, 3.8) is 0 Å². The first-order valence-corrected chi connectivity index (χ1v) is 4.43. The first-order valence-electron chi connectivity index (χ1n) is 4.43. The van der Waals surface area contributed by atoms with Crippen molar-refractivity contribution in [1.29, 1.82) is 0 Å². The highest BCUT2D eigenvalue weighted by molar-refractivity contribution is 5.65. The van der Waals surface area contributed by atoms with Crippen LogP contribution in [0.3, 0.4) is 0 Å². The number of hydrogen-bond donors (Lipinski definition) is 1. The van der Waals surface area contributed by atoms with Gasteiger partial charge in [0.15, 0.2) is 0 Å². The molecule has 0 aliphatic carbocycles. The molecule has 3 heteroatoms. The van der Waals surface area contributed by atoms with Crippen molar-refractivity contribution in [2.75, 3.05) is 13.2 Å². The van der Waals surface area contributed by atoms with Gasteiger partial charge in [0, 0.05) is 13.5 Å². The van der Waals surface area contributed by atoms with Crippen molar-refractivity contribution in [1.82, 2.24) is 0 Å². The molecule has 0 rings (SSSR count). The maximum atomic E-state index is 10.2. The van der Waals surface area contributed by atoms with Gasteiger partial charge in [0.1, 0.15) is 0 Å². The molecule has 1 N–H and O–H groups in total. The number of carbonyl (C=O) groups is 1. The molecule has 12 heavy (non-hydrogen) atoms. The number of ether oxygens (including phenoxy) is 1. The maximum Gasteiger partial charge on any atom is 0.302 e. The second-order valence-electron chi connectivity index (χ2n) is 2.36. The summed E-state index contributed by atoms with van der Waals surface area (Å²) in [4.78, 5) is 10.2. The summed E-state index contributed by atoms with van der Waals surface area (Å²) in [6, 6.07) is 0. The highest BCUT2D eigenvalue weighted by atomic mass is 16.5. The molecule has 0 aromatic rings. The van der Waals surface area contributed by atoms with E-state index in [0.717, 1.165) is 12.8 Å². The number of hydrogen-bond acceptors (Lipinski definition) is 3. The topological polar surface area (TPSA) is 46.5 Å². The largest absolute Gasteiger partial charge is 0.466 e. The summed E-state index contributed by atoms with van der Waals surface area (Å²) in [7, 11) is 0. The van der Waals surface area contributed by atoms with Crippen molar-refractivity contribution in [2.45, 2.75) is 40.0 Å². The van der Waals surface area contributed by atoms with Crippen LogP contribution < -0.4 is 0 Å². The van der Waals surface area contributed by atoms with Crippen LogP contribution in [0, 0.1) is 0 Å². The Morgan fingerprint density at radius 2 is 1.83 bits per heavy atom. The molecule has 0 saturated carbocycles. The molecule has 0 radical (unpaired) electrons. The molecule has 0 spiro atoms. The van der Waals surface area contributed by atoms with E-state index in [1.807, 2.05) is 0 Å². The second kappa shape index (κ2) is 13.1. The molecule has 0 aliphatic rings. The summed E-state index contributed by atoms with van der Waals surface area (Å²) in [6.07, 6.45) is 3.31. The minimum Gasteiger partial charge on any atom is -0.466 e. The van der Waals surface area contributed by atoms with E-state index in [0.29, 0.717) is 6.61 Å². The fraction of sp³-hybridized carbons (Fsp3) is 0.889. The number of unbranched alkanes of at least 4 members (excludes halogenated alkanes) is 2. The number of carbonyl (C=O) groups excluding carboxylic acids is 1. The van der Waals surface area contributed by atoms with Crippen LogP contribution in [-0.2, 0) is 9.53 Å². The Morgan fingerprint density at radius 1 is 1.33 bits per heavy atom. The SMILES string of the molecule is CCCCCOC(C)=O.CCO. The Bertz CT molecular complexity index is 91.8. The Morgan fingerprint density at radius 3 is 2.17 bits per heavy atom. The van der Waals surface area contributed by atoms with Gasteiger partial charge >= 0.3 is 5.97 Å². The quantitative estimate of drug-likeness (QED) is 0.524. The third-order valence-electron chi connectivity index (χ3n) is 1.05. The highest BCUT2D eigenvalue weighted by Gasteiger charge is 1.89. The molecule has 0 bridgehead atoms. The molecule has 74 valence electrons.